The molecule has 0 spiro atoms. The molecule has 2 N–H and O–H groups in total. The predicted octanol–water partition coefficient (Wildman–Crippen LogP) is 2.72. The first-order chi connectivity index (χ1) is 20.6. The van der Waals surface area contributed by atoms with Crippen LogP contribution < -0.4 is 26.4 Å². The minimum absolute atomic E-state index is 0.0894. The molecule has 1 aliphatic heterocycles. The maximum atomic E-state index is 15.2. The molecule has 2 saturated carbocycles. The summed E-state index contributed by atoms with van der Waals surface area (Å²) >= 11 is 0. The van der Waals surface area contributed by atoms with Crippen molar-refractivity contribution >= 4 is 21.6 Å². The van der Waals surface area contributed by atoms with Crippen LogP contribution in [0, 0.1) is 5.92 Å². The molecule has 0 aromatic carbocycles. The maximum absolute atomic E-state index is 15.2. The van der Waals surface area contributed by atoms with Gasteiger partial charge in [-0.15, -0.1) is 0 Å². The molecular formula is C29H39F4N7O3S. The van der Waals surface area contributed by atoms with Gasteiger partial charge in [-0.2, -0.15) is 4.99 Å². The number of sulfonamides is 1. The number of nitrogens with one attached hydrogen (secondary N) is 2. The molecule has 2 fully saturated rings. The van der Waals surface area contributed by atoms with Crippen molar-refractivity contribution in [3.8, 4) is 0 Å². The number of allylic oxidation sites excluding steroid dienone is 3. The fourth-order valence-electron chi connectivity index (χ4n) is 5.97. The summed E-state index contributed by atoms with van der Waals surface area (Å²) in [7, 11) is -0.623. The minimum Gasteiger partial charge on any atom is -0.352 e. The number of guanidine groups is 1. The average Bonchev–Trinajstić information content (AvgIpc) is 3.73. The van der Waals surface area contributed by atoms with Gasteiger partial charge >= 0.3 is 0 Å². The highest BCUT2D eigenvalue weighted by Crippen LogP contribution is 2.39. The van der Waals surface area contributed by atoms with Crippen LogP contribution in [-0.4, -0.2) is 66.7 Å². The lowest BCUT2D eigenvalue weighted by molar-refractivity contribution is 0.0108. The highest BCUT2D eigenvalue weighted by atomic mass is 32.2. The third-order valence-electron chi connectivity index (χ3n) is 8.43. The molecule has 3 aliphatic carbocycles. The summed E-state index contributed by atoms with van der Waals surface area (Å²) < 4.78 is 86.5. The van der Waals surface area contributed by atoms with E-state index in [2.05, 4.69) is 39.3 Å². The molecule has 2 heterocycles. The zero-order chi connectivity index (χ0) is 32.0. The molecule has 0 saturated heterocycles. The van der Waals surface area contributed by atoms with E-state index in [9.17, 15) is 22.0 Å². The Hall–Kier alpha value is -3.07. The van der Waals surface area contributed by atoms with Gasteiger partial charge in [0, 0.05) is 31.0 Å². The van der Waals surface area contributed by atoms with Gasteiger partial charge in [-0.3, -0.25) is 14.1 Å². The standard InChI is InChI=1S/C29H39F4N7O3S/c1-16(2)40-26-23(14-34-28(37-26)35-19-7-9-20(10-8-19)39(3)4)36-24(27(40)41)18-11-21(30)25(22(31)12-18)38-44(42,43)15-29(32,33)13-17-5-6-17/h11,16-17,19-20,38H,5-10,12-15H2,1-4H3,(H,34,35). The Labute approximate surface area is 253 Å². The van der Waals surface area contributed by atoms with Crippen molar-refractivity contribution in [2.45, 2.75) is 95.8 Å². The molecule has 5 rings (SSSR count). The number of fused-ring (bicyclic) bond motifs is 1. The molecule has 0 radical (unpaired) electrons. The lowest BCUT2D eigenvalue weighted by Gasteiger charge is -2.33. The Balaban J connectivity index is 1.40. The Morgan fingerprint density at radius 1 is 1.11 bits per heavy atom. The maximum Gasteiger partial charge on any atom is 0.278 e. The largest absolute Gasteiger partial charge is 0.352 e. The summed E-state index contributed by atoms with van der Waals surface area (Å²) in [6.07, 6.45) is 4.75. The zero-order valence-electron chi connectivity index (χ0n) is 25.3. The molecule has 0 unspecified atom stereocenters. The quantitative estimate of drug-likeness (QED) is 0.401. The van der Waals surface area contributed by atoms with Crippen LogP contribution in [0.4, 0.5) is 17.6 Å². The van der Waals surface area contributed by atoms with Crippen LogP contribution in [0.25, 0.3) is 5.57 Å². The summed E-state index contributed by atoms with van der Waals surface area (Å²) in [5.41, 5.74) is -1.12. The first-order valence-electron chi connectivity index (χ1n) is 15.0. The van der Waals surface area contributed by atoms with Crippen molar-refractivity contribution in [3.63, 3.8) is 0 Å². The number of nitrogens with zero attached hydrogens (tertiary/aromatic N) is 5. The lowest BCUT2D eigenvalue weighted by Crippen LogP contribution is -2.51. The average molecular weight is 642 g/mol. The Morgan fingerprint density at radius 2 is 1.80 bits per heavy atom. The number of aliphatic imine (C=N–C) groups is 1. The second kappa shape index (κ2) is 12.4. The van der Waals surface area contributed by atoms with Crippen LogP contribution >= 0.6 is 0 Å². The Morgan fingerprint density at radius 3 is 2.39 bits per heavy atom. The summed E-state index contributed by atoms with van der Waals surface area (Å²) in [5.74, 6) is -7.54. The van der Waals surface area contributed by atoms with Crippen molar-refractivity contribution < 1.29 is 26.0 Å². The van der Waals surface area contributed by atoms with Gasteiger partial charge in [0.1, 0.15) is 34.1 Å². The van der Waals surface area contributed by atoms with Crippen LogP contribution in [0.2, 0.25) is 0 Å². The molecule has 0 bridgehead atoms. The normalized spacial score (nSPS) is 24.1. The van der Waals surface area contributed by atoms with E-state index in [1.165, 1.54) is 4.57 Å². The summed E-state index contributed by atoms with van der Waals surface area (Å²) in [4.78, 5) is 29.3. The SMILES string of the molecule is CC(C)n1c2c(nc(=C3C=C(F)C(NS(=O)(=O)CC(F)(F)CC4CC4)=C(F)C3)c1=O)CN=C(NC1CCC(N(C)C)CC1)N=2. The van der Waals surface area contributed by atoms with E-state index in [4.69, 9.17) is 0 Å². The summed E-state index contributed by atoms with van der Waals surface area (Å²) in [6, 6.07) is 0.342. The topological polar surface area (TPSA) is 121 Å². The predicted molar refractivity (Wildman–Crippen MR) is 158 cm³/mol. The van der Waals surface area contributed by atoms with Crippen LogP contribution in [-0.2, 0) is 16.6 Å². The Kier molecular flexibility index (Phi) is 9.09. The van der Waals surface area contributed by atoms with Gasteiger partial charge in [0.05, 0.1) is 6.54 Å². The van der Waals surface area contributed by atoms with Crippen LogP contribution in [0.3, 0.4) is 0 Å². The van der Waals surface area contributed by atoms with E-state index in [-0.39, 0.29) is 35.5 Å². The molecule has 0 atom stereocenters. The third-order valence-corrected chi connectivity index (χ3v) is 9.74. The van der Waals surface area contributed by atoms with Crippen molar-refractivity contribution in [2.24, 2.45) is 15.9 Å². The number of rotatable bonds is 9. The van der Waals surface area contributed by atoms with Crippen LogP contribution in [0.1, 0.15) is 76.9 Å². The molecule has 15 heteroatoms. The van der Waals surface area contributed by atoms with Gasteiger partial charge in [0.25, 0.3) is 11.5 Å². The van der Waals surface area contributed by atoms with Gasteiger partial charge in [0.2, 0.25) is 16.0 Å². The van der Waals surface area contributed by atoms with Crippen molar-refractivity contribution in [2.75, 3.05) is 19.8 Å². The highest BCUT2D eigenvalue weighted by molar-refractivity contribution is 7.89. The molecule has 0 amide bonds. The number of aromatic nitrogens is 2. The number of alkyl halides is 2. The molecule has 1 aromatic heterocycles. The third kappa shape index (κ3) is 7.41. The van der Waals surface area contributed by atoms with Gasteiger partial charge in [-0.05, 0) is 84.0 Å². The van der Waals surface area contributed by atoms with Crippen molar-refractivity contribution in [3.05, 3.63) is 50.3 Å². The number of halogens is 4. The first-order valence-corrected chi connectivity index (χ1v) is 16.6. The van der Waals surface area contributed by atoms with Crippen LogP contribution in [0.5, 0.6) is 0 Å². The van der Waals surface area contributed by atoms with E-state index < -0.39 is 57.5 Å². The number of hydrogen-bond acceptors (Lipinski definition) is 8. The molecular weight excluding hydrogens is 602 g/mol. The van der Waals surface area contributed by atoms with E-state index in [0.717, 1.165) is 31.8 Å². The molecule has 10 nitrogen and oxygen atoms in total. The van der Waals surface area contributed by atoms with E-state index in [1.807, 2.05) is 0 Å². The first kappa shape index (κ1) is 32.3. The van der Waals surface area contributed by atoms with Gasteiger partial charge in [-0.25, -0.2) is 36.0 Å². The van der Waals surface area contributed by atoms with E-state index in [0.29, 0.717) is 36.0 Å². The second-order valence-electron chi connectivity index (χ2n) is 12.7. The lowest BCUT2D eigenvalue weighted by atomic mass is 9.90. The van der Waals surface area contributed by atoms with Crippen LogP contribution in [0.15, 0.2) is 38.2 Å². The minimum atomic E-state index is -4.77. The molecule has 44 heavy (non-hydrogen) atoms. The van der Waals surface area contributed by atoms with E-state index in [1.54, 1.807) is 18.6 Å². The molecule has 4 aliphatic rings. The van der Waals surface area contributed by atoms with Gasteiger partial charge in [-0.1, -0.05) is 0 Å². The zero-order valence-corrected chi connectivity index (χ0v) is 26.2. The highest BCUT2D eigenvalue weighted by Gasteiger charge is 2.42. The fourth-order valence-corrected chi connectivity index (χ4v) is 7.23. The fraction of sp³-hybridized carbons (Fsp3) is 0.655. The summed E-state index contributed by atoms with van der Waals surface area (Å²) in [5, 5.41) is 3.16. The number of hydrogen-bond donors (Lipinski definition) is 2. The van der Waals surface area contributed by atoms with Gasteiger partial charge < -0.3 is 10.2 Å². The smallest absolute Gasteiger partial charge is 0.278 e. The molecule has 242 valence electrons. The second-order valence-corrected chi connectivity index (χ2v) is 14.4. The Bertz CT molecular complexity index is 1690. The van der Waals surface area contributed by atoms with Gasteiger partial charge in [0.15, 0.2) is 5.49 Å². The van der Waals surface area contributed by atoms with E-state index >= 15 is 8.78 Å². The molecule has 1 aromatic rings. The summed E-state index contributed by atoms with van der Waals surface area (Å²) in [6.45, 7) is 3.64. The van der Waals surface area contributed by atoms with Crippen molar-refractivity contribution in [1.29, 1.82) is 0 Å². The van der Waals surface area contributed by atoms with Crippen molar-refractivity contribution in [1.82, 2.24) is 24.5 Å². The monoisotopic (exact) mass is 641 g/mol.